The summed E-state index contributed by atoms with van der Waals surface area (Å²) in [5, 5.41) is 10.3. The fourth-order valence-corrected chi connectivity index (χ4v) is 22.9. The highest BCUT2D eigenvalue weighted by Gasteiger charge is 2.26. The molecule has 0 saturated carbocycles. The monoisotopic (exact) mass is 1820 g/mol. The third kappa shape index (κ3) is 14.6. The van der Waals surface area contributed by atoms with Crippen LogP contribution in [0.3, 0.4) is 0 Å². The molecule has 646 valence electrons. The van der Waals surface area contributed by atoms with Crippen LogP contribution in [0, 0.1) is 0 Å². The lowest BCUT2D eigenvalue weighted by Crippen LogP contribution is -1.99. The number of thiophene rings is 3. The Kier molecular flexibility index (Phi) is 20.2. The van der Waals surface area contributed by atoms with E-state index in [0.29, 0.717) is 17.5 Å². The van der Waals surface area contributed by atoms with Crippen molar-refractivity contribution in [2.75, 3.05) is 0 Å². The van der Waals surface area contributed by atoms with Crippen LogP contribution < -0.4 is 0 Å². The molecule has 16 aromatic carbocycles. The summed E-state index contributed by atoms with van der Waals surface area (Å²) in [5.74, 6) is 2.09. The zero-order valence-corrected chi connectivity index (χ0v) is 76.3. The van der Waals surface area contributed by atoms with Gasteiger partial charge in [0.2, 0.25) is 0 Å². The zero-order chi connectivity index (χ0) is 91.1. The van der Waals surface area contributed by atoms with Gasteiger partial charge >= 0.3 is 0 Å². The Hall–Kier alpha value is -17.7. The highest BCUT2D eigenvalue weighted by atomic mass is 32.1. The van der Waals surface area contributed by atoms with E-state index >= 15 is 0 Å². The summed E-state index contributed by atoms with van der Waals surface area (Å²) in [6.45, 7) is 0. The van der Waals surface area contributed by atoms with E-state index in [1.54, 1.807) is 40.2 Å². The van der Waals surface area contributed by atoms with Crippen molar-refractivity contribution in [3.63, 3.8) is 0 Å². The molecule has 0 N–H and O–H groups in total. The average Bonchev–Trinajstić information content (AvgIpc) is 1.49. The number of rotatable bonds is 13. The molecule has 15 heteroatoms. The lowest BCUT2D eigenvalue weighted by atomic mass is 9.95. The van der Waals surface area contributed by atoms with Crippen molar-refractivity contribution in [1.82, 2.24) is 54.0 Å². The van der Waals surface area contributed by atoms with Gasteiger partial charge in [0.25, 0.3) is 0 Å². The van der Waals surface area contributed by atoms with E-state index in [1.165, 1.54) is 36.0 Å². The minimum atomic E-state index is 0.681. The Morgan fingerprint density at radius 2 is 0.551 bits per heavy atom. The normalized spacial score (nSPS) is 11.6. The van der Waals surface area contributed by atoms with Gasteiger partial charge in [-0.15, -0.1) is 34.0 Å². The van der Waals surface area contributed by atoms with Crippen LogP contribution in [0.4, 0.5) is 0 Å². The molecule has 0 aliphatic heterocycles. The maximum atomic E-state index is 6.30. The number of aromatic nitrogens is 11. The van der Waals surface area contributed by atoms with E-state index in [2.05, 4.69) is 401 Å². The Balaban J connectivity index is 0.000000107. The van der Waals surface area contributed by atoms with E-state index in [0.717, 1.165) is 208 Å². The third-order valence-corrected chi connectivity index (χ3v) is 29.4. The van der Waals surface area contributed by atoms with Gasteiger partial charge in [0.15, 0.2) is 17.5 Å². The fourth-order valence-electron chi connectivity index (χ4n) is 19.4. The number of para-hydroxylation sites is 3. The molecule has 0 unspecified atom stereocenters. The maximum Gasteiger partial charge on any atom is 0.160 e. The van der Waals surface area contributed by atoms with Gasteiger partial charge in [-0.3, -0.25) is 14.5 Å². The van der Waals surface area contributed by atoms with Crippen molar-refractivity contribution in [3.05, 3.63) is 456 Å². The van der Waals surface area contributed by atoms with Gasteiger partial charge in [-0.25, -0.2) is 34.9 Å². The molecule has 0 saturated heterocycles. The first-order chi connectivity index (χ1) is 68.4. The number of pyridine rings is 3. The fraction of sp³-hybridized carbons (Fsp3) is 0. The first kappa shape index (κ1) is 81.1. The van der Waals surface area contributed by atoms with Crippen LogP contribution in [0.1, 0.15) is 0 Å². The molecule has 28 aromatic rings. The second-order valence-corrected chi connectivity index (χ2v) is 37.4. The van der Waals surface area contributed by atoms with Crippen LogP contribution >= 0.6 is 34.0 Å². The smallest absolute Gasteiger partial charge is 0.160 e. The van der Waals surface area contributed by atoms with Crippen LogP contribution in [0.5, 0.6) is 0 Å². The molecule has 0 aliphatic rings. The van der Waals surface area contributed by atoms with Gasteiger partial charge in [0, 0.05) is 138 Å². The number of furan rings is 1. The van der Waals surface area contributed by atoms with Crippen molar-refractivity contribution in [1.29, 1.82) is 0 Å². The van der Waals surface area contributed by atoms with Crippen LogP contribution in [0.2, 0.25) is 0 Å². The van der Waals surface area contributed by atoms with E-state index in [4.69, 9.17) is 39.3 Å². The maximum absolute atomic E-state index is 6.30. The minimum absolute atomic E-state index is 0.681. The number of nitrogens with zero attached hydrogens (tertiary/aromatic N) is 11. The SMILES string of the molecule is c1ccc(-c2cc(-c3nc(-c4ccccc4)c4sc5ccccc5c4n3)cc(-n3c4ccccc4c4ccncc43)c2)cc1.c1ccc(-c2ccc(-c3nc(-c4cc(-c5ccccc5)cc(-c5ccc6c(c5)oc5ccccc56)c4)nc4c3sc3ccccc34)cc2)cc1.c1ccc(-c2nc(-c3cc(-c4cccnc4)cc(-n4c5ccccc5c5cccnc54)c3)nc3c2sc2ccccc23)cc1. The topological polar surface area (TPSA) is 139 Å². The predicted molar refractivity (Wildman–Crippen MR) is 574 cm³/mol. The summed E-state index contributed by atoms with van der Waals surface area (Å²) >= 11 is 5.26. The molecule has 0 spiro atoms. The summed E-state index contributed by atoms with van der Waals surface area (Å²) < 4.78 is 17.8. The summed E-state index contributed by atoms with van der Waals surface area (Å²) in [4.78, 5) is 45.6. The van der Waals surface area contributed by atoms with E-state index < -0.39 is 0 Å². The highest BCUT2D eigenvalue weighted by molar-refractivity contribution is 7.27. The van der Waals surface area contributed by atoms with Gasteiger partial charge in [-0.05, 0) is 177 Å². The van der Waals surface area contributed by atoms with Crippen molar-refractivity contribution >= 4 is 161 Å². The highest BCUT2D eigenvalue weighted by Crippen LogP contribution is 2.48. The van der Waals surface area contributed by atoms with Crippen molar-refractivity contribution in [2.45, 2.75) is 0 Å². The molecule has 12 heterocycles. The van der Waals surface area contributed by atoms with Gasteiger partial charge in [0.1, 0.15) is 16.8 Å². The number of hydrogen-bond donors (Lipinski definition) is 0. The molecular weight excluding hydrogens is 1740 g/mol. The van der Waals surface area contributed by atoms with Crippen LogP contribution in [0.15, 0.2) is 460 Å². The number of fused-ring (bicyclic) bond motifs is 18. The van der Waals surface area contributed by atoms with Gasteiger partial charge in [-0.2, -0.15) is 0 Å². The predicted octanol–water partition coefficient (Wildman–Crippen LogP) is 33.1. The molecule has 0 atom stereocenters. The molecule has 0 bridgehead atoms. The molecule has 28 rings (SSSR count). The average molecular weight is 1820 g/mol. The van der Waals surface area contributed by atoms with Crippen molar-refractivity contribution < 1.29 is 4.42 Å². The standard InChI is InChI=1S/C46H28N2OS.C39H24N4S.C38H23N5S/c1-3-11-29(12-4-1)31-19-21-32(22-20-31)43-45-44(39-16-8-10-18-42(39)50-45)48-46(47-43)36-26-34(30-13-5-2-6-14-30)25-35(27-36)33-23-24-38-37-15-7-9-17-40(37)49-41(38)28-33;1-3-11-25(12-4-1)27-21-28(23-29(22-27)43-33-17-9-7-15-30(33)31-19-20-40-24-34(31)43)39-41-36(26-13-5-2-6-14-26)38-37(42-39)32-16-8-10-18-35(32)44-38;1-2-10-24(11-3-1)34-36-35(31-14-5-7-17-33(31)44-36)42-37(41-34)27-20-26(25-12-8-18-39-23-25)21-28(22-27)43-32-16-6-4-13-29(32)30-15-9-19-40-38(30)43/h1-28H;1-24H;1-23H. The number of benzene rings is 16. The molecule has 0 amide bonds. The molecular formula is C123H75N11OS3. The van der Waals surface area contributed by atoms with Crippen LogP contribution in [-0.2, 0) is 0 Å². The van der Waals surface area contributed by atoms with Crippen molar-refractivity contribution in [3.8, 4) is 135 Å². The summed E-state index contributed by atoms with van der Waals surface area (Å²) in [7, 11) is 0. The third-order valence-electron chi connectivity index (χ3n) is 25.9. The molecule has 138 heavy (non-hydrogen) atoms. The lowest BCUT2D eigenvalue weighted by Gasteiger charge is -2.14. The first-order valence-electron chi connectivity index (χ1n) is 45.8. The van der Waals surface area contributed by atoms with Crippen LogP contribution in [-0.4, -0.2) is 54.0 Å². The molecule has 12 aromatic heterocycles. The zero-order valence-electron chi connectivity index (χ0n) is 73.9. The lowest BCUT2D eigenvalue weighted by molar-refractivity contribution is 0.669. The van der Waals surface area contributed by atoms with E-state index in [-0.39, 0.29) is 0 Å². The Bertz CT molecular complexity index is 9140. The van der Waals surface area contributed by atoms with E-state index in [1.807, 2.05) is 67.3 Å². The summed E-state index contributed by atoms with van der Waals surface area (Å²) in [5.41, 5.74) is 31.0. The Morgan fingerprint density at radius 1 is 0.203 bits per heavy atom. The molecule has 12 nitrogen and oxygen atoms in total. The van der Waals surface area contributed by atoms with E-state index in [9.17, 15) is 0 Å². The minimum Gasteiger partial charge on any atom is -0.456 e. The second-order valence-electron chi connectivity index (χ2n) is 34.3. The number of hydrogen-bond acceptors (Lipinski definition) is 13. The first-order valence-corrected chi connectivity index (χ1v) is 48.3. The van der Waals surface area contributed by atoms with Gasteiger partial charge in [-0.1, -0.05) is 297 Å². The molecule has 0 radical (unpaired) electrons. The van der Waals surface area contributed by atoms with Crippen LogP contribution in [0.25, 0.3) is 262 Å². The van der Waals surface area contributed by atoms with Crippen molar-refractivity contribution in [2.24, 2.45) is 0 Å². The van der Waals surface area contributed by atoms with Gasteiger partial charge < -0.3 is 8.98 Å². The Morgan fingerprint density at radius 3 is 1.08 bits per heavy atom. The quantitative estimate of drug-likeness (QED) is 0.110. The summed E-state index contributed by atoms with van der Waals surface area (Å²) in [6, 6.07) is 149. The second kappa shape index (κ2) is 34.4. The Labute approximate surface area is 803 Å². The largest absolute Gasteiger partial charge is 0.456 e. The molecule has 0 aliphatic carbocycles. The van der Waals surface area contributed by atoms with Gasteiger partial charge in [0.05, 0.1) is 70.5 Å². The molecule has 0 fully saturated rings. The summed E-state index contributed by atoms with van der Waals surface area (Å²) in [6.07, 6.45) is 9.38.